The molecule has 11 heteroatoms. The van der Waals surface area contributed by atoms with E-state index < -0.39 is 59.1 Å². The lowest BCUT2D eigenvalue weighted by atomic mass is 9.98. The molecule has 47 heavy (non-hydrogen) atoms. The summed E-state index contributed by atoms with van der Waals surface area (Å²) in [5, 5.41) is 5.39. The highest BCUT2D eigenvalue weighted by Crippen LogP contribution is 2.25. The number of rotatable bonds is 15. The Morgan fingerprint density at radius 1 is 0.851 bits per heavy atom. The molecule has 4 N–H and O–H groups in total. The van der Waals surface area contributed by atoms with Gasteiger partial charge < -0.3 is 30.7 Å². The molecule has 256 valence electrons. The zero-order chi connectivity index (χ0) is 35.4. The summed E-state index contributed by atoms with van der Waals surface area (Å²) in [6, 6.07) is 12.7. The zero-order valence-corrected chi connectivity index (χ0v) is 28.6. The van der Waals surface area contributed by atoms with E-state index in [0.29, 0.717) is 5.56 Å². The summed E-state index contributed by atoms with van der Waals surface area (Å²) in [5.41, 5.74) is 5.97. The number of carbonyl (C=O) groups is 5. The lowest BCUT2D eigenvalue weighted by molar-refractivity contribution is -0.159. The number of hydrogen-bond acceptors (Lipinski definition) is 7. The van der Waals surface area contributed by atoms with Crippen LogP contribution in [0.1, 0.15) is 84.0 Å². The molecule has 0 radical (unpaired) electrons. The van der Waals surface area contributed by atoms with E-state index in [1.165, 1.54) is 11.0 Å². The smallest absolute Gasteiger partial charge is 0.408 e. The summed E-state index contributed by atoms with van der Waals surface area (Å²) in [7, 11) is 0. The highest BCUT2D eigenvalue weighted by Gasteiger charge is 2.38. The maximum absolute atomic E-state index is 14.4. The third-order valence-corrected chi connectivity index (χ3v) is 6.83. The minimum atomic E-state index is -1.27. The number of amides is 4. The lowest BCUT2D eigenvalue weighted by Crippen LogP contribution is -2.55. The number of carbonyl (C=O) groups excluding carboxylic acids is 5. The van der Waals surface area contributed by atoms with Gasteiger partial charge in [-0.1, -0.05) is 67.6 Å². The Hall–Kier alpha value is -4.67. The molecule has 0 aliphatic rings. The average molecular weight is 651 g/mol. The van der Waals surface area contributed by atoms with Crippen molar-refractivity contribution in [2.45, 2.75) is 103 Å². The van der Waals surface area contributed by atoms with Gasteiger partial charge in [0.2, 0.25) is 17.7 Å². The first-order valence-corrected chi connectivity index (χ1v) is 15.8. The monoisotopic (exact) mass is 650 g/mol. The van der Waals surface area contributed by atoms with E-state index in [-0.39, 0.29) is 25.8 Å². The van der Waals surface area contributed by atoms with Gasteiger partial charge in [-0.15, -0.1) is 6.58 Å². The van der Waals surface area contributed by atoms with Crippen molar-refractivity contribution < 1.29 is 33.4 Å². The topological polar surface area (TPSA) is 157 Å². The average Bonchev–Trinajstić information content (AvgIpc) is 2.97. The molecule has 3 unspecified atom stereocenters. The molecule has 0 saturated heterocycles. The Kier molecular flexibility index (Phi) is 14.2. The zero-order valence-electron chi connectivity index (χ0n) is 28.6. The van der Waals surface area contributed by atoms with Crippen molar-refractivity contribution in [2.75, 3.05) is 6.54 Å². The van der Waals surface area contributed by atoms with Crippen LogP contribution in [-0.2, 0) is 41.5 Å². The fourth-order valence-corrected chi connectivity index (χ4v) is 4.73. The van der Waals surface area contributed by atoms with Gasteiger partial charge >= 0.3 is 12.1 Å². The number of aryl methyl sites for hydroxylation is 1. The second-order valence-electron chi connectivity index (χ2n) is 13.3. The standard InChI is InChI=1S/C36H50N4O7/c1-9-22-40(32(43)27(20-21-29(37)41)39-34(45)47-36(6,7)8)30(26-18-16-24(10-2)17-19-26)31(42)38-28(33(44)46-35(3,4)5)23-25-14-12-11-13-15-25/h9,11-19,27-28,30H,1,10,20-23H2,2-8H3,(H2,37,41)(H,38,42)(H,39,45). The highest BCUT2D eigenvalue weighted by atomic mass is 16.6. The summed E-state index contributed by atoms with van der Waals surface area (Å²) in [5.74, 6) is -2.63. The van der Waals surface area contributed by atoms with E-state index in [1.807, 2.05) is 49.4 Å². The summed E-state index contributed by atoms with van der Waals surface area (Å²) in [6.07, 6.45) is 1.11. The van der Waals surface area contributed by atoms with Crippen molar-refractivity contribution in [2.24, 2.45) is 5.73 Å². The van der Waals surface area contributed by atoms with E-state index in [1.54, 1.807) is 53.7 Å². The fraction of sp³-hybridized carbons (Fsp3) is 0.472. The molecule has 4 amide bonds. The molecule has 0 aromatic heterocycles. The Morgan fingerprint density at radius 3 is 1.96 bits per heavy atom. The van der Waals surface area contributed by atoms with Gasteiger partial charge in [-0.3, -0.25) is 14.4 Å². The third kappa shape index (κ3) is 13.3. The van der Waals surface area contributed by atoms with Crippen molar-refractivity contribution in [1.82, 2.24) is 15.5 Å². The molecule has 0 spiro atoms. The van der Waals surface area contributed by atoms with Gasteiger partial charge in [-0.2, -0.15) is 0 Å². The number of nitrogens with zero attached hydrogens (tertiary/aromatic N) is 1. The molecule has 0 aliphatic carbocycles. The van der Waals surface area contributed by atoms with Gasteiger partial charge in [0.15, 0.2) is 0 Å². The number of hydrogen-bond donors (Lipinski definition) is 3. The molecule has 0 saturated carbocycles. The van der Waals surface area contributed by atoms with Crippen LogP contribution < -0.4 is 16.4 Å². The lowest BCUT2D eigenvalue weighted by Gasteiger charge is -2.35. The number of alkyl carbamates (subject to hydrolysis) is 1. The number of benzene rings is 2. The summed E-state index contributed by atoms with van der Waals surface area (Å²) < 4.78 is 11.0. The molecule has 3 atom stereocenters. The first kappa shape index (κ1) is 38.5. The Morgan fingerprint density at radius 2 is 1.45 bits per heavy atom. The molecular formula is C36H50N4O7. The molecule has 2 aromatic rings. The quantitative estimate of drug-likeness (QED) is 0.189. The normalized spacial score (nSPS) is 13.3. The molecule has 2 aromatic carbocycles. The Labute approximate surface area is 278 Å². The van der Waals surface area contributed by atoms with Gasteiger partial charge in [0.05, 0.1) is 0 Å². The predicted octanol–water partition coefficient (Wildman–Crippen LogP) is 4.53. The number of nitrogens with two attached hydrogens (primary N) is 1. The van der Waals surface area contributed by atoms with Crippen molar-refractivity contribution in [1.29, 1.82) is 0 Å². The van der Waals surface area contributed by atoms with Crippen molar-refractivity contribution >= 4 is 29.8 Å². The first-order valence-electron chi connectivity index (χ1n) is 15.8. The van der Waals surface area contributed by atoms with Gasteiger partial charge in [0, 0.05) is 19.4 Å². The van der Waals surface area contributed by atoms with Crippen LogP contribution in [0.15, 0.2) is 67.3 Å². The number of nitrogens with one attached hydrogen (secondary N) is 2. The first-order chi connectivity index (χ1) is 21.9. The maximum atomic E-state index is 14.4. The number of primary amides is 1. The maximum Gasteiger partial charge on any atom is 0.408 e. The third-order valence-electron chi connectivity index (χ3n) is 6.83. The second-order valence-corrected chi connectivity index (χ2v) is 13.3. The van der Waals surface area contributed by atoms with Gasteiger partial charge in [-0.25, -0.2) is 9.59 Å². The Bertz CT molecular complexity index is 1380. The van der Waals surface area contributed by atoms with Crippen LogP contribution in [0.2, 0.25) is 0 Å². The SMILES string of the molecule is C=CCN(C(=O)C(CCC(N)=O)NC(=O)OC(C)(C)C)C(C(=O)NC(Cc1ccccc1)C(=O)OC(C)(C)C)c1ccc(CC)cc1. The van der Waals surface area contributed by atoms with Crippen molar-refractivity contribution in [3.05, 3.63) is 83.9 Å². The highest BCUT2D eigenvalue weighted by molar-refractivity contribution is 5.94. The largest absolute Gasteiger partial charge is 0.458 e. The van der Waals surface area contributed by atoms with Crippen LogP contribution in [0.5, 0.6) is 0 Å². The molecule has 0 bridgehead atoms. The van der Waals surface area contributed by atoms with Crippen LogP contribution in [0.3, 0.4) is 0 Å². The van der Waals surface area contributed by atoms with E-state index in [9.17, 15) is 24.0 Å². The number of ether oxygens (including phenoxy) is 2. The van der Waals surface area contributed by atoms with Crippen LogP contribution in [0.25, 0.3) is 0 Å². The molecular weight excluding hydrogens is 600 g/mol. The summed E-state index contributed by atoms with van der Waals surface area (Å²) in [4.78, 5) is 67.8. The van der Waals surface area contributed by atoms with Crippen molar-refractivity contribution in [3.63, 3.8) is 0 Å². The van der Waals surface area contributed by atoms with E-state index in [2.05, 4.69) is 17.2 Å². The summed E-state index contributed by atoms with van der Waals surface area (Å²) >= 11 is 0. The van der Waals surface area contributed by atoms with Crippen LogP contribution in [-0.4, -0.2) is 64.5 Å². The minimum absolute atomic E-state index is 0.106. The van der Waals surface area contributed by atoms with Crippen LogP contribution >= 0.6 is 0 Å². The molecule has 2 rings (SSSR count). The van der Waals surface area contributed by atoms with Crippen LogP contribution in [0, 0.1) is 0 Å². The van der Waals surface area contributed by atoms with Gasteiger partial charge in [0.1, 0.15) is 29.3 Å². The molecule has 0 aliphatic heterocycles. The number of esters is 1. The summed E-state index contributed by atoms with van der Waals surface area (Å²) in [6.45, 7) is 15.9. The van der Waals surface area contributed by atoms with E-state index >= 15 is 0 Å². The molecule has 0 heterocycles. The van der Waals surface area contributed by atoms with E-state index in [0.717, 1.165) is 17.5 Å². The minimum Gasteiger partial charge on any atom is -0.458 e. The Balaban J connectivity index is 2.61. The van der Waals surface area contributed by atoms with Gasteiger partial charge in [-0.05, 0) is 71.1 Å². The van der Waals surface area contributed by atoms with Crippen LogP contribution in [0.4, 0.5) is 4.79 Å². The van der Waals surface area contributed by atoms with E-state index in [4.69, 9.17) is 15.2 Å². The fourth-order valence-electron chi connectivity index (χ4n) is 4.73. The molecule has 11 nitrogen and oxygen atoms in total. The van der Waals surface area contributed by atoms with Gasteiger partial charge in [0.25, 0.3) is 0 Å². The van der Waals surface area contributed by atoms with Crippen molar-refractivity contribution in [3.8, 4) is 0 Å². The second kappa shape index (κ2) is 17.3. The predicted molar refractivity (Wildman–Crippen MR) is 180 cm³/mol. The molecule has 0 fully saturated rings.